The highest BCUT2D eigenvalue weighted by Gasteiger charge is 2.34. The van der Waals surface area contributed by atoms with Gasteiger partial charge in [-0.1, -0.05) is 31.9 Å². The van der Waals surface area contributed by atoms with Crippen molar-refractivity contribution in [3.05, 3.63) is 65.8 Å². The third-order valence-corrected chi connectivity index (χ3v) is 8.08. The van der Waals surface area contributed by atoms with Crippen molar-refractivity contribution in [2.24, 2.45) is 5.92 Å². The van der Waals surface area contributed by atoms with E-state index in [2.05, 4.69) is 45.5 Å². The van der Waals surface area contributed by atoms with E-state index >= 15 is 0 Å². The fourth-order valence-corrected chi connectivity index (χ4v) is 5.79. The summed E-state index contributed by atoms with van der Waals surface area (Å²) in [4.78, 5) is 9.25. The average molecular weight is 521 g/mol. The Bertz CT molecular complexity index is 1310. The molecule has 0 bridgehead atoms. The van der Waals surface area contributed by atoms with Gasteiger partial charge in [0.15, 0.2) is 0 Å². The molecule has 2 aliphatic carbocycles. The van der Waals surface area contributed by atoms with Crippen molar-refractivity contribution in [2.75, 3.05) is 11.9 Å². The van der Waals surface area contributed by atoms with Crippen LogP contribution in [0, 0.1) is 12.8 Å². The summed E-state index contributed by atoms with van der Waals surface area (Å²) in [5.41, 5.74) is 6.86. The van der Waals surface area contributed by atoms with Crippen LogP contribution in [0.2, 0.25) is 0 Å². The highest BCUT2D eigenvalue weighted by Crippen LogP contribution is 2.36. The molecule has 2 saturated carbocycles. The van der Waals surface area contributed by atoms with Gasteiger partial charge in [-0.3, -0.25) is 0 Å². The molecule has 0 radical (unpaired) electrons. The Morgan fingerprint density at radius 2 is 1.89 bits per heavy atom. The molecule has 38 heavy (non-hydrogen) atoms. The Morgan fingerprint density at radius 3 is 2.61 bits per heavy atom. The van der Waals surface area contributed by atoms with Gasteiger partial charge in [0.05, 0.1) is 17.4 Å². The Hall–Kier alpha value is -3.29. The molecule has 5 rings (SSSR count). The molecule has 2 N–H and O–H groups in total. The van der Waals surface area contributed by atoms with Gasteiger partial charge in [0.2, 0.25) is 11.9 Å². The largest absolute Gasteiger partial charge is 0.382 e. The Morgan fingerprint density at radius 1 is 1.13 bits per heavy atom. The maximum atomic E-state index is 13.4. The number of pyridine rings is 1. The summed E-state index contributed by atoms with van der Waals surface area (Å²) in [5.74, 6) is -1.74. The molecule has 6 nitrogen and oxygen atoms in total. The number of allylic oxidation sites excluding steroid dienone is 1. The van der Waals surface area contributed by atoms with Crippen molar-refractivity contribution in [1.82, 2.24) is 24.9 Å². The predicted octanol–water partition coefficient (Wildman–Crippen LogP) is 7.01. The fourth-order valence-electron chi connectivity index (χ4n) is 5.79. The molecule has 2 fully saturated rings. The van der Waals surface area contributed by atoms with E-state index < -0.39 is 5.92 Å². The number of nitrogens with one attached hydrogen (secondary N) is 2. The first kappa shape index (κ1) is 26.3. The molecule has 0 spiro atoms. The molecule has 8 heteroatoms. The maximum absolute atomic E-state index is 13.4. The first-order valence-electron chi connectivity index (χ1n) is 13.9. The van der Waals surface area contributed by atoms with E-state index in [0.29, 0.717) is 31.4 Å². The molecule has 202 valence electrons. The number of aromatic nitrogens is 4. The summed E-state index contributed by atoms with van der Waals surface area (Å²) in [6.07, 6.45) is 15.0. The molecule has 2 aliphatic rings. The number of alkyl halides is 2. The number of halogens is 2. The topological polar surface area (TPSA) is 67.1 Å². The monoisotopic (exact) mass is 520 g/mol. The zero-order valence-corrected chi connectivity index (χ0v) is 22.4. The number of fused-ring (bicyclic) bond motifs is 1. The normalized spacial score (nSPS) is 19.0. The van der Waals surface area contributed by atoms with E-state index in [-0.39, 0.29) is 18.8 Å². The standard InChI is InChI=1S/C30H38F2N6/c1-4-25(26-18-34-29(37-20(26)2)33-17-22-10-13-30(31,32)14-11-22)23-12-15-38-28(16-23)27(19-35-38)21(3)36-24-8-6-5-7-9-24/h4,12,15-16,18-19,22,24,36H,3,5-11,13-14,17H2,1-2H3,(H,33,34,37)/b25-4-. The van der Waals surface area contributed by atoms with Crippen molar-refractivity contribution in [2.45, 2.75) is 83.6 Å². The fraction of sp³-hybridized carbons (Fsp3) is 0.500. The van der Waals surface area contributed by atoms with Gasteiger partial charge in [0.1, 0.15) is 0 Å². The van der Waals surface area contributed by atoms with E-state index in [4.69, 9.17) is 4.98 Å². The van der Waals surface area contributed by atoms with Gasteiger partial charge in [0, 0.05) is 54.6 Å². The van der Waals surface area contributed by atoms with E-state index in [9.17, 15) is 8.78 Å². The van der Waals surface area contributed by atoms with Crippen LogP contribution < -0.4 is 10.6 Å². The second-order valence-corrected chi connectivity index (χ2v) is 10.8. The van der Waals surface area contributed by atoms with Crippen molar-refractivity contribution in [3.63, 3.8) is 0 Å². The van der Waals surface area contributed by atoms with E-state index in [1.54, 1.807) is 0 Å². The lowest BCUT2D eigenvalue weighted by molar-refractivity contribution is -0.0443. The third-order valence-electron chi connectivity index (χ3n) is 8.08. The zero-order chi connectivity index (χ0) is 26.7. The Labute approximate surface area is 223 Å². The molecule has 0 unspecified atom stereocenters. The lowest BCUT2D eigenvalue weighted by Crippen LogP contribution is -2.29. The molecular formula is C30H38F2N6. The minimum Gasteiger partial charge on any atom is -0.382 e. The lowest BCUT2D eigenvalue weighted by atomic mass is 9.87. The van der Waals surface area contributed by atoms with Crippen LogP contribution in [0.15, 0.2) is 43.4 Å². The highest BCUT2D eigenvalue weighted by molar-refractivity contribution is 5.84. The van der Waals surface area contributed by atoms with Crippen molar-refractivity contribution in [3.8, 4) is 0 Å². The minimum atomic E-state index is -2.51. The van der Waals surface area contributed by atoms with Gasteiger partial charge in [-0.05, 0) is 68.7 Å². The summed E-state index contributed by atoms with van der Waals surface area (Å²) in [7, 11) is 0. The quantitative estimate of drug-likeness (QED) is 0.334. The smallest absolute Gasteiger partial charge is 0.248 e. The van der Waals surface area contributed by atoms with Gasteiger partial charge in [-0.25, -0.2) is 23.3 Å². The predicted molar refractivity (Wildman–Crippen MR) is 149 cm³/mol. The van der Waals surface area contributed by atoms with Crippen molar-refractivity contribution in [1.29, 1.82) is 0 Å². The van der Waals surface area contributed by atoms with Crippen LogP contribution in [-0.4, -0.2) is 38.1 Å². The number of anilines is 1. The van der Waals surface area contributed by atoms with Crippen LogP contribution >= 0.6 is 0 Å². The van der Waals surface area contributed by atoms with Crippen LogP contribution in [0.1, 0.15) is 87.1 Å². The van der Waals surface area contributed by atoms with Crippen molar-refractivity contribution < 1.29 is 8.78 Å². The molecule has 0 aliphatic heterocycles. The van der Waals surface area contributed by atoms with Gasteiger partial charge < -0.3 is 10.6 Å². The SMILES string of the molecule is C=C(NC1CCCCC1)c1cnn2ccc(/C(=C/C)c3cnc(NCC4CCC(F)(F)CC4)nc3C)cc12. The number of nitrogens with zero attached hydrogens (tertiary/aromatic N) is 4. The summed E-state index contributed by atoms with van der Waals surface area (Å²) < 4.78 is 28.8. The first-order chi connectivity index (χ1) is 18.3. The van der Waals surface area contributed by atoms with Crippen molar-refractivity contribution >= 4 is 22.7 Å². The summed E-state index contributed by atoms with van der Waals surface area (Å²) in [5, 5.41) is 11.5. The Balaban J connectivity index is 1.31. The van der Waals surface area contributed by atoms with E-state index in [1.807, 2.05) is 37.0 Å². The first-order valence-corrected chi connectivity index (χ1v) is 13.9. The van der Waals surface area contributed by atoms with Crippen LogP contribution in [-0.2, 0) is 0 Å². The number of hydrogen-bond donors (Lipinski definition) is 2. The number of hydrogen-bond acceptors (Lipinski definition) is 5. The molecule has 0 amide bonds. The van der Waals surface area contributed by atoms with Crippen LogP contribution in [0.4, 0.5) is 14.7 Å². The number of aryl methyl sites for hydroxylation is 1. The van der Waals surface area contributed by atoms with Gasteiger partial charge in [-0.15, -0.1) is 0 Å². The van der Waals surface area contributed by atoms with Gasteiger partial charge in [0.25, 0.3) is 0 Å². The second-order valence-electron chi connectivity index (χ2n) is 10.8. The van der Waals surface area contributed by atoms with E-state index in [0.717, 1.165) is 39.2 Å². The van der Waals surface area contributed by atoms with Gasteiger partial charge >= 0.3 is 0 Å². The lowest BCUT2D eigenvalue weighted by Gasteiger charge is -2.28. The number of rotatable bonds is 8. The molecule has 0 atom stereocenters. The van der Waals surface area contributed by atoms with Crippen LogP contribution in [0.3, 0.4) is 0 Å². The van der Waals surface area contributed by atoms with Gasteiger partial charge in [-0.2, -0.15) is 5.10 Å². The summed E-state index contributed by atoms with van der Waals surface area (Å²) >= 11 is 0. The summed E-state index contributed by atoms with van der Waals surface area (Å²) in [6.45, 7) is 8.95. The molecular weight excluding hydrogens is 482 g/mol. The summed E-state index contributed by atoms with van der Waals surface area (Å²) in [6, 6.07) is 4.68. The average Bonchev–Trinajstić information content (AvgIpc) is 3.34. The molecule has 3 heterocycles. The van der Waals surface area contributed by atoms with Crippen LogP contribution in [0.25, 0.3) is 16.8 Å². The maximum Gasteiger partial charge on any atom is 0.248 e. The van der Waals surface area contributed by atoms with Crippen LogP contribution in [0.5, 0.6) is 0 Å². The molecule has 3 aromatic rings. The second kappa shape index (κ2) is 11.2. The molecule has 3 aromatic heterocycles. The highest BCUT2D eigenvalue weighted by atomic mass is 19.3. The molecule has 0 saturated heterocycles. The zero-order valence-electron chi connectivity index (χ0n) is 22.4. The Kier molecular flexibility index (Phi) is 7.77. The van der Waals surface area contributed by atoms with E-state index in [1.165, 1.54) is 32.1 Å². The molecule has 0 aromatic carbocycles. The third kappa shape index (κ3) is 5.89. The minimum absolute atomic E-state index is 0.0317.